The van der Waals surface area contributed by atoms with E-state index in [9.17, 15) is 0 Å². The van der Waals surface area contributed by atoms with Crippen LogP contribution < -0.4 is 10.6 Å². The van der Waals surface area contributed by atoms with E-state index < -0.39 is 0 Å². The molecule has 0 aliphatic rings. The molecule has 1 heterocycles. The van der Waals surface area contributed by atoms with E-state index in [1.54, 1.807) is 6.20 Å². The fourth-order valence-electron chi connectivity index (χ4n) is 2.06. The average molecular weight is 240 g/mol. The van der Waals surface area contributed by atoms with Crippen molar-refractivity contribution >= 4 is 22.3 Å². The standard InChI is InChI=1S/C14H16N4/c1-10(8-15)9-18(2)13-6-5-12(16)14-11(13)4-3-7-17-14/h3-7,10H,9,16H2,1-2H3. The number of fused-ring (bicyclic) bond motifs is 1. The molecule has 2 aromatic rings. The number of pyridine rings is 1. The van der Waals surface area contributed by atoms with Crippen molar-refractivity contribution in [1.82, 2.24) is 4.98 Å². The molecule has 1 atom stereocenters. The first-order chi connectivity index (χ1) is 8.63. The summed E-state index contributed by atoms with van der Waals surface area (Å²) in [5.74, 6) is -0.0146. The Morgan fingerprint density at radius 2 is 2.22 bits per heavy atom. The van der Waals surface area contributed by atoms with Crippen LogP contribution >= 0.6 is 0 Å². The van der Waals surface area contributed by atoms with Gasteiger partial charge in [0.25, 0.3) is 0 Å². The number of aromatic nitrogens is 1. The molecule has 0 radical (unpaired) electrons. The SMILES string of the molecule is CC(C#N)CN(C)c1ccc(N)c2ncccc12. The summed E-state index contributed by atoms with van der Waals surface area (Å²) in [5, 5.41) is 9.90. The number of anilines is 2. The molecule has 4 heteroatoms. The predicted octanol–water partition coefficient (Wildman–Crippen LogP) is 2.41. The number of rotatable bonds is 3. The molecule has 0 aliphatic carbocycles. The molecule has 0 spiro atoms. The maximum absolute atomic E-state index is 8.88. The molecule has 18 heavy (non-hydrogen) atoms. The number of nitriles is 1. The van der Waals surface area contributed by atoms with Crippen LogP contribution in [0.2, 0.25) is 0 Å². The molecule has 1 aromatic carbocycles. The summed E-state index contributed by atoms with van der Waals surface area (Å²) in [6, 6.07) is 9.98. The van der Waals surface area contributed by atoms with Crippen LogP contribution in [0, 0.1) is 17.2 Å². The Balaban J connectivity index is 2.46. The molecular formula is C14H16N4. The highest BCUT2D eigenvalue weighted by Crippen LogP contribution is 2.28. The molecule has 2 rings (SSSR count). The molecule has 0 amide bonds. The van der Waals surface area contributed by atoms with Gasteiger partial charge in [-0.1, -0.05) is 0 Å². The lowest BCUT2D eigenvalue weighted by atomic mass is 10.1. The summed E-state index contributed by atoms with van der Waals surface area (Å²) < 4.78 is 0. The molecule has 0 saturated carbocycles. The summed E-state index contributed by atoms with van der Waals surface area (Å²) in [6.45, 7) is 2.60. The highest BCUT2D eigenvalue weighted by molar-refractivity contribution is 5.98. The number of hydrogen-bond acceptors (Lipinski definition) is 4. The number of nitrogen functional groups attached to an aromatic ring is 1. The van der Waals surface area contributed by atoms with Gasteiger partial charge in [-0.2, -0.15) is 5.26 Å². The van der Waals surface area contributed by atoms with Crippen molar-refractivity contribution < 1.29 is 0 Å². The lowest BCUT2D eigenvalue weighted by Crippen LogP contribution is -2.23. The molecule has 0 aliphatic heterocycles. The van der Waals surface area contributed by atoms with E-state index >= 15 is 0 Å². The Kier molecular flexibility index (Phi) is 3.33. The van der Waals surface area contributed by atoms with Crippen LogP contribution in [0.25, 0.3) is 10.9 Å². The Bertz CT molecular complexity index is 600. The van der Waals surface area contributed by atoms with Crippen LogP contribution in [0.4, 0.5) is 11.4 Å². The fourth-order valence-corrected chi connectivity index (χ4v) is 2.06. The van der Waals surface area contributed by atoms with Gasteiger partial charge in [0, 0.05) is 30.9 Å². The fraction of sp³-hybridized carbons (Fsp3) is 0.286. The first-order valence-corrected chi connectivity index (χ1v) is 5.87. The van der Waals surface area contributed by atoms with E-state index in [0.29, 0.717) is 12.2 Å². The Morgan fingerprint density at radius 1 is 1.44 bits per heavy atom. The minimum atomic E-state index is -0.0146. The van der Waals surface area contributed by atoms with E-state index in [1.165, 1.54) is 0 Å². The maximum atomic E-state index is 8.88. The molecule has 0 fully saturated rings. The van der Waals surface area contributed by atoms with Crippen molar-refractivity contribution in [2.75, 3.05) is 24.2 Å². The normalized spacial score (nSPS) is 12.1. The highest BCUT2D eigenvalue weighted by atomic mass is 15.1. The average Bonchev–Trinajstić information content (AvgIpc) is 2.39. The lowest BCUT2D eigenvalue weighted by Gasteiger charge is -2.22. The van der Waals surface area contributed by atoms with Crippen molar-refractivity contribution in [2.45, 2.75) is 6.92 Å². The van der Waals surface area contributed by atoms with Gasteiger partial charge in [-0.25, -0.2) is 0 Å². The van der Waals surface area contributed by atoms with E-state index in [-0.39, 0.29) is 5.92 Å². The monoisotopic (exact) mass is 240 g/mol. The Hall–Kier alpha value is -2.28. The largest absolute Gasteiger partial charge is 0.397 e. The molecule has 4 nitrogen and oxygen atoms in total. The van der Waals surface area contributed by atoms with Gasteiger partial charge < -0.3 is 10.6 Å². The lowest BCUT2D eigenvalue weighted by molar-refractivity contribution is 0.718. The molecule has 92 valence electrons. The summed E-state index contributed by atoms with van der Waals surface area (Å²) in [7, 11) is 1.98. The van der Waals surface area contributed by atoms with E-state index in [4.69, 9.17) is 11.0 Å². The summed E-state index contributed by atoms with van der Waals surface area (Å²) in [4.78, 5) is 6.37. The quantitative estimate of drug-likeness (QED) is 0.837. The second kappa shape index (κ2) is 4.92. The molecule has 1 unspecified atom stereocenters. The van der Waals surface area contributed by atoms with Gasteiger partial charge in [-0.05, 0) is 31.2 Å². The summed E-state index contributed by atoms with van der Waals surface area (Å²) >= 11 is 0. The number of nitrogens with two attached hydrogens (primary N) is 1. The van der Waals surface area contributed by atoms with Crippen molar-refractivity contribution in [3.05, 3.63) is 30.5 Å². The predicted molar refractivity (Wildman–Crippen MR) is 74.2 cm³/mol. The molecule has 1 aromatic heterocycles. The van der Waals surface area contributed by atoms with Crippen LogP contribution in [-0.4, -0.2) is 18.6 Å². The minimum Gasteiger partial charge on any atom is -0.397 e. The van der Waals surface area contributed by atoms with Crippen molar-refractivity contribution in [3.8, 4) is 6.07 Å². The first-order valence-electron chi connectivity index (χ1n) is 5.87. The zero-order valence-electron chi connectivity index (χ0n) is 10.6. The Labute approximate surface area is 107 Å². The number of hydrogen-bond donors (Lipinski definition) is 1. The van der Waals surface area contributed by atoms with Crippen molar-refractivity contribution in [2.24, 2.45) is 5.92 Å². The Morgan fingerprint density at radius 3 is 2.94 bits per heavy atom. The third-order valence-corrected chi connectivity index (χ3v) is 2.96. The summed E-state index contributed by atoms with van der Waals surface area (Å²) in [5.41, 5.74) is 8.46. The van der Waals surface area contributed by atoms with Crippen molar-refractivity contribution in [1.29, 1.82) is 5.26 Å². The van der Waals surface area contributed by atoms with Gasteiger partial charge in [-0.3, -0.25) is 4.98 Å². The molecular weight excluding hydrogens is 224 g/mol. The van der Waals surface area contributed by atoms with Gasteiger partial charge in [0.15, 0.2) is 0 Å². The minimum absolute atomic E-state index is 0.0146. The van der Waals surface area contributed by atoms with Crippen LogP contribution in [0.5, 0.6) is 0 Å². The number of benzene rings is 1. The highest BCUT2D eigenvalue weighted by Gasteiger charge is 2.11. The third-order valence-electron chi connectivity index (χ3n) is 2.96. The van der Waals surface area contributed by atoms with Gasteiger partial charge in [-0.15, -0.1) is 0 Å². The second-order valence-electron chi connectivity index (χ2n) is 4.48. The molecule has 0 saturated heterocycles. The second-order valence-corrected chi connectivity index (χ2v) is 4.48. The zero-order chi connectivity index (χ0) is 13.1. The van der Waals surface area contributed by atoms with Crippen LogP contribution in [0.15, 0.2) is 30.5 Å². The third kappa shape index (κ3) is 2.21. The van der Waals surface area contributed by atoms with E-state index in [0.717, 1.165) is 16.6 Å². The van der Waals surface area contributed by atoms with Gasteiger partial charge >= 0.3 is 0 Å². The smallest absolute Gasteiger partial charge is 0.0951 e. The number of nitrogens with zero attached hydrogens (tertiary/aromatic N) is 3. The van der Waals surface area contributed by atoms with Gasteiger partial charge in [0.1, 0.15) is 0 Å². The summed E-state index contributed by atoms with van der Waals surface area (Å²) in [6.07, 6.45) is 1.74. The van der Waals surface area contributed by atoms with Crippen molar-refractivity contribution in [3.63, 3.8) is 0 Å². The van der Waals surface area contributed by atoms with Crippen LogP contribution in [0.3, 0.4) is 0 Å². The van der Waals surface area contributed by atoms with E-state index in [2.05, 4.69) is 16.0 Å². The molecule has 0 bridgehead atoms. The zero-order valence-corrected chi connectivity index (χ0v) is 10.6. The van der Waals surface area contributed by atoms with Crippen LogP contribution in [-0.2, 0) is 0 Å². The van der Waals surface area contributed by atoms with E-state index in [1.807, 2.05) is 38.2 Å². The maximum Gasteiger partial charge on any atom is 0.0951 e. The first kappa shape index (κ1) is 12.2. The van der Waals surface area contributed by atoms with Crippen LogP contribution in [0.1, 0.15) is 6.92 Å². The van der Waals surface area contributed by atoms with Gasteiger partial charge in [0.2, 0.25) is 0 Å². The van der Waals surface area contributed by atoms with Gasteiger partial charge in [0.05, 0.1) is 23.2 Å². The molecule has 2 N–H and O–H groups in total. The topological polar surface area (TPSA) is 65.9 Å².